The van der Waals surface area contributed by atoms with Gasteiger partial charge in [-0.1, -0.05) is 37.3 Å². The standard InChI is InChI=1S/C15H22N2O2S/c1-3-12-6-4-5-7-13(12)19-11-9-15(18)17(2)10-8-14(16)20/h4-7H,3,8-11H2,1-2H3,(H2,16,20). The Hall–Kier alpha value is -1.62. The van der Waals surface area contributed by atoms with Gasteiger partial charge in [0.1, 0.15) is 5.75 Å². The summed E-state index contributed by atoms with van der Waals surface area (Å²) in [7, 11) is 1.75. The third-order valence-corrected chi connectivity index (χ3v) is 3.25. The average molecular weight is 294 g/mol. The minimum Gasteiger partial charge on any atom is -0.493 e. The number of rotatable bonds is 8. The highest BCUT2D eigenvalue weighted by Gasteiger charge is 2.09. The number of amides is 1. The molecular weight excluding hydrogens is 272 g/mol. The topological polar surface area (TPSA) is 55.6 Å². The molecule has 0 saturated heterocycles. The summed E-state index contributed by atoms with van der Waals surface area (Å²) < 4.78 is 5.68. The van der Waals surface area contributed by atoms with Gasteiger partial charge < -0.3 is 15.4 Å². The quantitative estimate of drug-likeness (QED) is 0.746. The zero-order chi connectivity index (χ0) is 15.0. The number of para-hydroxylation sites is 1. The predicted octanol–water partition coefficient (Wildman–Crippen LogP) is 2.15. The van der Waals surface area contributed by atoms with E-state index in [0.717, 1.165) is 17.7 Å². The van der Waals surface area contributed by atoms with Crippen LogP contribution in [0.2, 0.25) is 0 Å². The van der Waals surface area contributed by atoms with Gasteiger partial charge in [-0.3, -0.25) is 4.79 Å². The van der Waals surface area contributed by atoms with Gasteiger partial charge in [-0.05, 0) is 18.1 Å². The second-order valence-corrected chi connectivity index (χ2v) is 5.12. The zero-order valence-corrected chi connectivity index (χ0v) is 12.9. The zero-order valence-electron chi connectivity index (χ0n) is 12.1. The van der Waals surface area contributed by atoms with Crippen molar-refractivity contribution in [3.05, 3.63) is 29.8 Å². The number of ether oxygens (including phenoxy) is 1. The largest absolute Gasteiger partial charge is 0.493 e. The van der Waals surface area contributed by atoms with E-state index in [2.05, 4.69) is 6.92 Å². The monoisotopic (exact) mass is 294 g/mol. The summed E-state index contributed by atoms with van der Waals surface area (Å²) in [6.07, 6.45) is 1.82. The van der Waals surface area contributed by atoms with Gasteiger partial charge in [0.2, 0.25) is 5.91 Å². The number of benzene rings is 1. The summed E-state index contributed by atoms with van der Waals surface area (Å²) in [5.41, 5.74) is 6.57. The molecule has 20 heavy (non-hydrogen) atoms. The number of hydrogen-bond donors (Lipinski definition) is 1. The number of nitrogens with zero attached hydrogens (tertiary/aromatic N) is 1. The maximum Gasteiger partial charge on any atom is 0.225 e. The summed E-state index contributed by atoms with van der Waals surface area (Å²) in [4.78, 5) is 13.9. The molecule has 110 valence electrons. The van der Waals surface area contributed by atoms with Crippen molar-refractivity contribution in [2.24, 2.45) is 5.73 Å². The average Bonchev–Trinajstić information content (AvgIpc) is 2.45. The third-order valence-electron chi connectivity index (χ3n) is 3.05. The summed E-state index contributed by atoms with van der Waals surface area (Å²) in [6.45, 7) is 3.02. The van der Waals surface area contributed by atoms with Crippen LogP contribution in [0.4, 0.5) is 0 Å². The lowest BCUT2D eigenvalue weighted by Gasteiger charge is -2.17. The predicted molar refractivity (Wildman–Crippen MR) is 85.0 cm³/mol. The molecule has 0 aliphatic carbocycles. The van der Waals surface area contributed by atoms with Crippen molar-refractivity contribution < 1.29 is 9.53 Å². The fraction of sp³-hybridized carbons (Fsp3) is 0.467. The number of nitrogens with two attached hydrogens (primary N) is 1. The van der Waals surface area contributed by atoms with Crippen LogP contribution in [0.5, 0.6) is 5.75 Å². The first-order valence-electron chi connectivity index (χ1n) is 6.77. The normalized spacial score (nSPS) is 10.1. The van der Waals surface area contributed by atoms with E-state index in [1.165, 1.54) is 0 Å². The van der Waals surface area contributed by atoms with Crippen molar-refractivity contribution in [3.8, 4) is 5.75 Å². The van der Waals surface area contributed by atoms with Crippen LogP contribution >= 0.6 is 12.2 Å². The number of carbonyl (C=O) groups is 1. The Morgan fingerprint density at radius 2 is 2.05 bits per heavy atom. The van der Waals surface area contributed by atoms with Crippen LogP contribution in [0, 0.1) is 0 Å². The van der Waals surface area contributed by atoms with E-state index in [1.54, 1.807) is 11.9 Å². The van der Waals surface area contributed by atoms with Gasteiger partial charge in [-0.25, -0.2) is 0 Å². The minimum atomic E-state index is 0.0372. The first-order valence-corrected chi connectivity index (χ1v) is 7.18. The second-order valence-electron chi connectivity index (χ2n) is 4.59. The van der Waals surface area contributed by atoms with Crippen molar-refractivity contribution in [2.75, 3.05) is 20.2 Å². The molecule has 1 aromatic rings. The van der Waals surface area contributed by atoms with Crippen molar-refractivity contribution in [1.29, 1.82) is 0 Å². The molecule has 1 rings (SSSR count). The molecule has 0 aromatic heterocycles. The highest BCUT2D eigenvalue weighted by molar-refractivity contribution is 7.80. The van der Waals surface area contributed by atoms with E-state index in [-0.39, 0.29) is 5.91 Å². The lowest BCUT2D eigenvalue weighted by atomic mass is 10.1. The van der Waals surface area contributed by atoms with Crippen LogP contribution in [0.1, 0.15) is 25.3 Å². The molecule has 0 spiro atoms. The highest BCUT2D eigenvalue weighted by atomic mass is 32.1. The first-order chi connectivity index (χ1) is 9.54. The molecule has 1 amide bonds. The van der Waals surface area contributed by atoms with E-state index >= 15 is 0 Å². The third kappa shape index (κ3) is 5.57. The summed E-state index contributed by atoms with van der Waals surface area (Å²) in [5, 5.41) is 0. The lowest BCUT2D eigenvalue weighted by molar-refractivity contribution is -0.130. The molecule has 4 nitrogen and oxygen atoms in total. The Kier molecular flexibility index (Phi) is 7.01. The fourth-order valence-corrected chi connectivity index (χ4v) is 1.87. The van der Waals surface area contributed by atoms with E-state index in [4.69, 9.17) is 22.7 Å². The van der Waals surface area contributed by atoms with Gasteiger partial charge in [-0.15, -0.1) is 0 Å². The van der Waals surface area contributed by atoms with Crippen LogP contribution in [0.3, 0.4) is 0 Å². The van der Waals surface area contributed by atoms with Gasteiger partial charge in [0.05, 0.1) is 18.0 Å². The molecule has 0 aliphatic rings. The van der Waals surface area contributed by atoms with E-state index in [0.29, 0.717) is 31.0 Å². The Balaban J connectivity index is 2.36. The summed E-state index contributed by atoms with van der Waals surface area (Å²) in [6, 6.07) is 7.89. The van der Waals surface area contributed by atoms with Crippen molar-refractivity contribution in [3.63, 3.8) is 0 Å². The Morgan fingerprint density at radius 3 is 2.70 bits per heavy atom. The Bertz CT molecular complexity index is 463. The number of hydrogen-bond acceptors (Lipinski definition) is 3. The fourth-order valence-electron chi connectivity index (χ4n) is 1.78. The molecule has 0 radical (unpaired) electrons. The maximum atomic E-state index is 11.9. The molecule has 0 atom stereocenters. The summed E-state index contributed by atoms with van der Waals surface area (Å²) in [5.74, 6) is 0.892. The van der Waals surface area contributed by atoms with Crippen LogP contribution < -0.4 is 10.5 Å². The number of thiocarbonyl (C=S) groups is 1. The number of carbonyl (C=O) groups excluding carboxylic acids is 1. The molecule has 0 bridgehead atoms. The van der Waals surface area contributed by atoms with E-state index in [9.17, 15) is 4.79 Å². The van der Waals surface area contributed by atoms with E-state index in [1.807, 2.05) is 24.3 Å². The van der Waals surface area contributed by atoms with Crippen molar-refractivity contribution >= 4 is 23.1 Å². The molecule has 0 saturated carbocycles. The van der Waals surface area contributed by atoms with Gasteiger partial charge in [0, 0.05) is 20.0 Å². The molecule has 5 heteroatoms. The van der Waals surface area contributed by atoms with Gasteiger partial charge in [0.25, 0.3) is 0 Å². The minimum absolute atomic E-state index is 0.0372. The second kappa shape index (κ2) is 8.53. The SMILES string of the molecule is CCc1ccccc1OCCC(=O)N(C)CCC(N)=S. The number of aryl methyl sites for hydroxylation is 1. The van der Waals surface area contributed by atoms with Gasteiger partial charge >= 0.3 is 0 Å². The Morgan fingerprint density at radius 1 is 1.35 bits per heavy atom. The Labute approximate surface area is 125 Å². The molecule has 0 aliphatic heterocycles. The molecular formula is C15H22N2O2S. The lowest BCUT2D eigenvalue weighted by Crippen LogP contribution is -2.30. The highest BCUT2D eigenvalue weighted by Crippen LogP contribution is 2.18. The van der Waals surface area contributed by atoms with Crippen LogP contribution in [-0.2, 0) is 11.2 Å². The maximum absolute atomic E-state index is 11.9. The van der Waals surface area contributed by atoms with E-state index < -0.39 is 0 Å². The molecule has 0 unspecified atom stereocenters. The molecule has 0 heterocycles. The molecule has 0 fully saturated rings. The van der Waals surface area contributed by atoms with Crippen molar-refractivity contribution in [2.45, 2.75) is 26.2 Å². The van der Waals surface area contributed by atoms with Gasteiger partial charge in [-0.2, -0.15) is 0 Å². The van der Waals surface area contributed by atoms with Crippen LogP contribution in [0.15, 0.2) is 24.3 Å². The summed E-state index contributed by atoms with van der Waals surface area (Å²) >= 11 is 4.79. The van der Waals surface area contributed by atoms with Gasteiger partial charge in [0.15, 0.2) is 0 Å². The van der Waals surface area contributed by atoms with Crippen LogP contribution in [-0.4, -0.2) is 36.0 Å². The van der Waals surface area contributed by atoms with Crippen molar-refractivity contribution in [1.82, 2.24) is 4.90 Å². The van der Waals surface area contributed by atoms with Crippen LogP contribution in [0.25, 0.3) is 0 Å². The molecule has 2 N–H and O–H groups in total. The smallest absolute Gasteiger partial charge is 0.225 e. The molecule has 1 aromatic carbocycles. The first kappa shape index (κ1) is 16.4.